The van der Waals surface area contributed by atoms with Crippen LogP contribution in [0.15, 0.2) is 54.6 Å². The van der Waals surface area contributed by atoms with Crippen molar-refractivity contribution in [3.8, 4) is 0 Å². The molecule has 0 radical (unpaired) electrons. The molecule has 1 aliphatic carbocycles. The quantitative estimate of drug-likeness (QED) is 0.618. The van der Waals surface area contributed by atoms with Crippen LogP contribution in [0, 0.1) is 0 Å². The van der Waals surface area contributed by atoms with E-state index in [1.807, 2.05) is 0 Å². The predicted molar refractivity (Wildman–Crippen MR) is 69.2 cm³/mol. The van der Waals surface area contributed by atoms with Gasteiger partial charge < -0.3 is 0 Å². The van der Waals surface area contributed by atoms with Gasteiger partial charge in [0, 0.05) is 0 Å². The fourth-order valence-electron chi connectivity index (χ4n) is 2.01. The van der Waals surface area contributed by atoms with E-state index in [2.05, 4.69) is 72.8 Å². The molecule has 0 fully saturated rings. The molecule has 2 aromatic carbocycles. The topological polar surface area (TPSA) is 0 Å². The lowest BCUT2D eigenvalue weighted by molar-refractivity contribution is 1.49. The number of hydrogen-bond acceptors (Lipinski definition) is 0. The molecule has 0 nitrogen and oxygen atoms in total. The van der Waals surface area contributed by atoms with Gasteiger partial charge in [-0.15, -0.1) is 0 Å². The maximum absolute atomic E-state index is 2.24. The van der Waals surface area contributed by atoms with E-state index in [0.717, 1.165) is 0 Å². The summed E-state index contributed by atoms with van der Waals surface area (Å²) >= 11 is 0. The van der Waals surface area contributed by atoms with Crippen molar-refractivity contribution in [1.82, 2.24) is 0 Å². The second-order valence-corrected chi connectivity index (χ2v) is 3.93. The molecule has 0 aliphatic heterocycles. The van der Waals surface area contributed by atoms with Crippen LogP contribution >= 0.6 is 0 Å². The van der Waals surface area contributed by atoms with Gasteiger partial charge in [0.05, 0.1) is 0 Å². The third-order valence-electron chi connectivity index (χ3n) is 2.85. The molecule has 0 heterocycles. The molecular weight excluding hydrogens is 192 g/mol. The van der Waals surface area contributed by atoms with Gasteiger partial charge >= 0.3 is 0 Å². The standard InChI is InChI=1S/C16H12/c1-3-8-15-12-16-9-4-2-7-14(16)11-5-10-13(15)6-1/h1-12H/b10-5-,11-5?,13-10?,14-11-,15-12?,16-12-. The minimum Gasteiger partial charge on any atom is -0.0616 e. The van der Waals surface area contributed by atoms with Crippen molar-refractivity contribution in [3.63, 3.8) is 0 Å². The zero-order chi connectivity index (χ0) is 10.8. The molecule has 0 heteroatoms. The Bertz CT molecular complexity index is 660. The van der Waals surface area contributed by atoms with Crippen molar-refractivity contribution in [2.24, 2.45) is 0 Å². The van der Waals surface area contributed by atoms with E-state index >= 15 is 0 Å². The highest BCUT2D eigenvalue weighted by Crippen LogP contribution is 2.11. The van der Waals surface area contributed by atoms with Crippen molar-refractivity contribution in [1.29, 1.82) is 0 Å². The third kappa shape index (κ3) is 1.59. The summed E-state index contributed by atoms with van der Waals surface area (Å²) in [6, 6.07) is 16.9. The number of allylic oxidation sites excluding steroid dienone is 1. The number of benzene rings is 2. The molecule has 0 spiro atoms. The van der Waals surface area contributed by atoms with E-state index in [9.17, 15) is 0 Å². The maximum Gasteiger partial charge on any atom is -0.0178 e. The lowest BCUT2D eigenvalue weighted by Gasteiger charge is -2.02. The molecule has 0 unspecified atom stereocenters. The molecule has 16 heavy (non-hydrogen) atoms. The Labute approximate surface area is 94.9 Å². The Morgan fingerprint density at radius 1 is 0.625 bits per heavy atom. The molecule has 2 aromatic rings. The number of hydrogen-bond donors (Lipinski definition) is 0. The van der Waals surface area contributed by atoms with Crippen molar-refractivity contribution in [3.05, 3.63) is 76.2 Å². The molecule has 0 aromatic heterocycles. The smallest absolute Gasteiger partial charge is 0.0178 e. The monoisotopic (exact) mass is 204 g/mol. The van der Waals surface area contributed by atoms with Gasteiger partial charge in [-0.1, -0.05) is 66.8 Å². The molecule has 0 N–H and O–H groups in total. The van der Waals surface area contributed by atoms with E-state index in [1.54, 1.807) is 0 Å². The summed E-state index contributed by atoms with van der Waals surface area (Å²) in [5, 5.41) is 2.55. The van der Waals surface area contributed by atoms with Crippen molar-refractivity contribution < 1.29 is 0 Å². The first-order valence-corrected chi connectivity index (χ1v) is 5.48. The van der Waals surface area contributed by atoms with Gasteiger partial charge in [0.25, 0.3) is 0 Å². The fourth-order valence-corrected chi connectivity index (χ4v) is 2.01. The summed E-state index contributed by atoms with van der Waals surface area (Å²) in [6.45, 7) is 0. The summed E-state index contributed by atoms with van der Waals surface area (Å²) in [5.41, 5.74) is 2.55. The van der Waals surface area contributed by atoms with Crippen molar-refractivity contribution >= 4 is 18.2 Å². The first-order chi connectivity index (χ1) is 7.93. The zero-order valence-corrected chi connectivity index (χ0v) is 8.93. The highest BCUT2D eigenvalue weighted by molar-refractivity contribution is 5.69. The summed E-state index contributed by atoms with van der Waals surface area (Å²) in [4.78, 5) is 0. The number of fused-ring (bicyclic) bond motifs is 2. The molecular formula is C16H12. The molecule has 3 rings (SSSR count). The molecule has 0 atom stereocenters. The minimum absolute atomic E-state index is 1.27. The van der Waals surface area contributed by atoms with Gasteiger partial charge in [0.15, 0.2) is 0 Å². The second kappa shape index (κ2) is 3.82. The molecule has 76 valence electrons. The number of rotatable bonds is 0. The van der Waals surface area contributed by atoms with Crippen molar-refractivity contribution in [2.45, 2.75) is 0 Å². The Kier molecular flexibility index (Phi) is 2.19. The first-order valence-electron chi connectivity index (χ1n) is 5.48. The maximum atomic E-state index is 2.24. The molecule has 0 saturated heterocycles. The Morgan fingerprint density at radius 2 is 1.31 bits per heavy atom. The summed E-state index contributed by atoms with van der Waals surface area (Å²) in [7, 11) is 0. The Morgan fingerprint density at radius 3 is 2.19 bits per heavy atom. The average Bonchev–Trinajstić information content (AvgIpc) is 2.29. The van der Waals surface area contributed by atoms with Crippen LogP contribution in [0.1, 0.15) is 11.1 Å². The van der Waals surface area contributed by atoms with Gasteiger partial charge in [-0.05, 0) is 27.6 Å². The fraction of sp³-hybridized carbons (Fsp3) is 0. The van der Waals surface area contributed by atoms with E-state index in [4.69, 9.17) is 0 Å². The van der Waals surface area contributed by atoms with E-state index in [1.165, 1.54) is 21.6 Å². The van der Waals surface area contributed by atoms with Crippen LogP contribution < -0.4 is 10.4 Å². The highest BCUT2D eigenvalue weighted by atomic mass is 14.0. The van der Waals surface area contributed by atoms with Crippen molar-refractivity contribution in [2.75, 3.05) is 0 Å². The van der Waals surface area contributed by atoms with Crippen LogP contribution in [0.25, 0.3) is 18.2 Å². The van der Waals surface area contributed by atoms with Gasteiger partial charge in [-0.3, -0.25) is 0 Å². The van der Waals surface area contributed by atoms with E-state index in [0.29, 0.717) is 0 Å². The third-order valence-corrected chi connectivity index (χ3v) is 2.85. The van der Waals surface area contributed by atoms with Gasteiger partial charge in [0.1, 0.15) is 0 Å². The zero-order valence-electron chi connectivity index (χ0n) is 8.93. The molecule has 1 aliphatic rings. The summed E-state index contributed by atoms with van der Waals surface area (Å²) < 4.78 is 0. The van der Waals surface area contributed by atoms with Crippen LogP contribution in [0.3, 0.4) is 0 Å². The summed E-state index contributed by atoms with van der Waals surface area (Å²) in [6.07, 6.45) is 8.67. The molecule has 0 amide bonds. The lowest BCUT2D eigenvalue weighted by atomic mass is 10.0. The van der Waals surface area contributed by atoms with Crippen LogP contribution in [0.2, 0.25) is 0 Å². The second-order valence-electron chi connectivity index (χ2n) is 3.93. The van der Waals surface area contributed by atoms with Gasteiger partial charge in [-0.2, -0.15) is 0 Å². The van der Waals surface area contributed by atoms with E-state index < -0.39 is 0 Å². The minimum atomic E-state index is 1.27. The molecule has 0 saturated carbocycles. The normalized spacial score (nSPS) is 18.8. The van der Waals surface area contributed by atoms with Crippen LogP contribution in [-0.4, -0.2) is 0 Å². The van der Waals surface area contributed by atoms with Crippen LogP contribution in [-0.2, 0) is 0 Å². The van der Waals surface area contributed by atoms with Gasteiger partial charge in [0.2, 0.25) is 0 Å². The highest BCUT2D eigenvalue weighted by Gasteiger charge is 1.96. The lowest BCUT2D eigenvalue weighted by Crippen LogP contribution is -2.23. The van der Waals surface area contributed by atoms with E-state index in [-0.39, 0.29) is 0 Å². The Hall–Kier alpha value is -2.08. The SMILES string of the molecule is C1=C\c2ccccc2/C=c2/cccc/c2=C/1. The van der Waals surface area contributed by atoms with Crippen LogP contribution in [0.4, 0.5) is 0 Å². The molecule has 0 bridgehead atoms. The van der Waals surface area contributed by atoms with Gasteiger partial charge in [-0.25, -0.2) is 0 Å². The summed E-state index contributed by atoms with van der Waals surface area (Å²) in [5.74, 6) is 0. The largest absolute Gasteiger partial charge is 0.0616 e. The van der Waals surface area contributed by atoms with Crippen LogP contribution in [0.5, 0.6) is 0 Å². The first kappa shape index (κ1) is 9.17. The Balaban J connectivity index is 2.39. The predicted octanol–water partition coefficient (Wildman–Crippen LogP) is 2.32. The average molecular weight is 204 g/mol.